The van der Waals surface area contributed by atoms with Crippen molar-refractivity contribution in [3.8, 4) is 0 Å². The molecule has 1 heterocycles. The van der Waals surface area contributed by atoms with Gasteiger partial charge in [-0.05, 0) is 25.0 Å². The molecule has 1 nitrogen and oxygen atoms in total. The van der Waals surface area contributed by atoms with E-state index < -0.39 is 0 Å². The summed E-state index contributed by atoms with van der Waals surface area (Å²) >= 11 is 0. The van der Waals surface area contributed by atoms with Gasteiger partial charge in [0, 0.05) is 6.42 Å². The lowest BCUT2D eigenvalue weighted by Crippen LogP contribution is -1.83. The van der Waals surface area contributed by atoms with Gasteiger partial charge in [0.25, 0.3) is 0 Å². The molecule has 1 radical (unpaired) electrons. The maximum atomic E-state index is 5.26. The monoisotopic (exact) mass is 179 g/mol. The quantitative estimate of drug-likeness (QED) is 0.577. The van der Waals surface area contributed by atoms with Crippen molar-refractivity contribution in [2.24, 2.45) is 0 Å². The van der Waals surface area contributed by atoms with E-state index in [2.05, 4.69) is 19.4 Å². The third-order valence-corrected chi connectivity index (χ3v) is 2.25. The number of aryl methyl sites for hydroxylation is 1. The molecular formula is C12H19O. The van der Waals surface area contributed by atoms with E-state index in [-0.39, 0.29) is 0 Å². The fourth-order valence-electron chi connectivity index (χ4n) is 1.46. The number of unbranched alkanes of at least 4 members (excludes halogenated alkanes) is 5. The summed E-state index contributed by atoms with van der Waals surface area (Å²) in [5.74, 6) is 1.13. The van der Waals surface area contributed by atoms with Gasteiger partial charge in [-0.3, -0.25) is 0 Å². The Morgan fingerprint density at radius 1 is 1.23 bits per heavy atom. The zero-order chi connectivity index (χ0) is 9.36. The Hall–Kier alpha value is -0.720. The van der Waals surface area contributed by atoms with Crippen LogP contribution in [0.2, 0.25) is 0 Å². The van der Waals surface area contributed by atoms with E-state index in [9.17, 15) is 0 Å². The highest BCUT2D eigenvalue weighted by molar-refractivity contribution is 4.97. The second kappa shape index (κ2) is 6.76. The predicted molar refractivity (Wildman–Crippen MR) is 55.5 cm³/mol. The molecule has 1 aromatic rings. The van der Waals surface area contributed by atoms with Crippen LogP contribution in [0, 0.1) is 6.42 Å². The first-order valence-corrected chi connectivity index (χ1v) is 5.23. The highest BCUT2D eigenvalue weighted by atomic mass is 16.3. The zero-order valence-corrected chi connectivity index (χ0v) is 8.46. The van der Waals surface area contributed by atoms with Gasteiger partial charge in [-0.25, -0.2) is 0 Å². The van der Waals surface area contributed by atoms with Gasteiger partial charge in [0.1, 0.15) is 5.76 Å². The minimum atomic E-state index is 1.10. The lowest BCUT2D eigenvalue weighted by Gasteiger charge is -1.98. The van der Waals surface area contributed by atoms with Crippen molar-refractivity contribution in [2.75, 3.05) is 0 Å². The van der Waals surface area contributed by atoms with Crippen LogP contribution in [0.4, 0.5) is 0 Å². The van der Waals surface area contributed by atoms with Gasteiger partial charge in [-0.2, -0.15) is 0 Å². The topological polar surface area (TPSA) is 13.1 Å². The average molecular weight is 179 g/mol. The number of hydrogen-bond donors (Lipinski definition) is 0. The Kier molecular flexibility index (Phi) is 5.39. The summed E-state index contributed by atoms with van der Waals surface area (Å²) in [6, 6.07) is 4.02. The van der Waals surface area contributed by atoms with Gasteiger partial charge >= 0.3 is 0 Å². The molecule has 0 bridgehead atoms. The summed E-state index contributed by atoms with van der Waals surface area (Å²) in [7, 11) is 0. The molecule has 1 heteroatoms. The van der Waals surface area contributed by atoms with Crippen LogP contribution < -0.4 is 0 Å². The fourth-order valence-corrected chi connectivity index (χ4v) is 1.46. The zero-order valence-electron chi connectivity index (χ0n) is 8.46. The lowest BCUT2D eigenvalue weighted by molar-refractivity contribution is 0.493. The van der Waals surface area contributed by atoms with Gasteiger partial charge in [-0.1, -0.05) is 32.6 Å². The summed E-state index contributed by atoms with van der Waals surface area (Å²) in [6.45, 7) is 2.13. The maximum absolute atomic E-state index is 5.26. The van der Waals surface area contributed by atoms with Crippen LogP contribution in [-0.4, -0.2) is 0 Å². The molecule has 1 aromatic heterocycles. The van der Waals surface area contributed by atoms with Crippen molar-refractivity contribution < 1.29 is 4.42 Å². The average Bonchev–Trinajstić information content (AvgIpc) is 2.63. The highest BCUT2D eigenvalue weighted by Crippen LogP contribution is 2.09. The lowest BCUT2D eigenvalue weighted by atomic mass is 10.1. The summed E-state index contributed by atoms with van der Waals surface area (Å²) in [5.41, 5.74) is 0. The Morgan fingerprint density at radius 2 is 2.08 bits per heavy atom. The first-order chi connectivity index (χ1) is 6.43. The molecule has 0 atom stereocenters. The van der Waals surface area contributed by atoms with Gasteiger partial charge in [0.15, 0.2) is 0 Å². The minimum Gasteiger partial charge on any atom is -0.469 e. The molecule has 0 saturated carbocycles. The standard InChI is InChI=1S/C12H19O/c1-2-3-4-5-6-7-9-12-10-8-11-13-12/h2,8,10-11H,3-7,9H2,1H3. The largest absolute Gasteiger partial charge is 0.469 e. The molecule has 0 unspecified atom stereocenters. The molecule has 0 spiro atoms. The Balaban J connectivity index is 1.90. The second-order valence-corrected chi connectivity index (χ2v) is 3.44. The molecule has 0 saturated heterocycles. The van der Waals surface area contributed by atoms with E-state index in [4.69, 9.17) is 4.42 Å². The molecule has 1 rings (SSSR count). The third-order valence-electron chi connectivity index (χ3n) is 2.25. The van der Waals surface area contributed by atoms with Gasteiger partial charge in [0.05, 0.1) is 6.26 Å². The van der Waals surface area contributed by atoms with Crippen molar-refractivity contribution >= 4 is 0 Å². The first kappa shape index (κ1) is 10.4. The van der Waals surface area contributed by atoms with Gasteiger partial charge < -0.3 is 4.42 Å². The van der Waals surface area contributed by atoms with Crippen LogP contribution >= 0.6 is 0 Å². The Morgan fingerprint density at radius 3 is 2.77 bits per heavy atom. The smallest absolute Gasteiger partial charge is 0.103 e. The van der Waals surface area contributed by atoms with Crippen LogP contribution in [-0.2, 0) is 6.42 Å². The van der Waals surface area contributed by atoms with Crippen molar-refractivity contribution in [3.05, 3.63) is 30.6 Å². The van der Waals surface area contributed by atoms with Crippen LogP contribution in [0.5, 0.6) is 0 Å². The van der Waals surface area contributed by atoms with Crippen LogP contribution in [0.3, 0.4) is 0 Å². The van der Waals surface area contributed by atoms with Gasteiger partial charge in [-0.15, -0.1) is 0 Å². The molecule has 0 N–H and O–H groups in total. The summed E-state index contributed by atoms with van der Waals surface area (Å²) in [4.78, 5) is 0. The normalized spacial score (nSPS) is 10.5. The van der Waals surface area contributed by atoms with Crippen molar-refractivity contribution in [3.63, 3.8) is 0 Å². The van der Waals surface area contributed by atoms with E-state index >= 15 is 0 Å². The SMILES string of the molecule is C[CH]CCCCCCc1ccco1. The molecule has 73 valence electrons. The summed E-state index contributed by atoms with van der Waals surface area (Å²) in [6.07, 6.45) is 11.6. The molecule has 13 heavy (non-hydrogen) atoms. The van der Waals surface area contributed by atoms with Crippen LogP contribution in [0.15, 0.2) is 22.8 Å². The van der Waals surface area contributed by atoms with E-state index in [1.807, 2.05) is 6.07 Å². The number of rotatable bonds is 7. The molecular weight excluding hydrogens is 160 g/mol. The van der Waals surface area contributed by atoms with Crippen molar-refractivity contribution in [1.29, 1.82) is 0 Å². The van der Waals surface area contributed by atoms with E-state index in [0.29, 0.717) is 0 Å². The van der Waals surface area contributed by atoms with E-state index in [1.54, 1.807) is 6.26 Å². The Bertz CT molecular complexity index is 189. The van der Waals surface area contributed by atoms with Crippen LogP contribution in [0.1, 0.15) is 44.8 Å². The summed E-state index contributed by atoms with van der Waals surface area (Å²) < 4.78 is 5.26. The van der Waals surface area contributed by atoms with E-state index in [1.165, 1.54) is 32.1 Å². The molecule has 0 aliphatic carbocycles. The number of furan rings is 1. The maximum Gasteiger partial charge on any atom is 0.103 e. The fraction of sp³-hybridized carbons (Fsp3) is 0.583. The highest BCUT2D eigenvalue weighted by Gasteiger charge is 1.95. The number of hydrogen-bond acceptors (Lipinski definition) is 1. The van der Waals surface area contributed by atoms with Crippen molar-refractivity contribution in [2.45, 2.75) is 45.4 Å². The molecule has 0 aliphatic heterocycles. The van der Waals surface area contributed by atoms with Gasteiger partial charge in [0.2, 0.25) is 0 Å². The molecule has 0 amide bonds. The van der Waals surface area contributed by atoms with Crippen LogP contribution in [0.25, 0.3) is 0 Å². The minimum absolute atomic E-state index is 1.10. The Labute approximate surface area is 81.1 Å². The summed E-state index contributed by atoms with van der Waals surface area (Å²) in [5, 5.41) is 0. The second-order valence-electron chi connectivity index (χ2n) is 3.44. The molecule has 0 fully saturated rings. The molecule has 0 aromatic carbocycles. The first-order valence-electron chi connectivity index (χ1n) is 5.23. The van der Waals surface area contributed by atoms with E-state index in [0.717, 1.165) is 12.2 Å². The third kappa shape index (κ3) is 4.76. The predicted octanol–water partition coefficient (Wildman–Crippen LogP) is 4.00. The molecule has 0 aliphatic rings. The van der Waals surface area contributed by atoms with Crippen molar-refractivity contribution in [1.82, 2.24) is 0 Å².